The number of hydrogen-bond acceptors (Lipinski definition) is 1. The second-order valence-corrected chi connectivity index (χ2v) is 3.47. The van der Waals surface area contributed by atoms with Crippen molar-refractivity contribution < 1.29 is 4.74 Å². The third kappa shape index (κ3) is 2.92. The number of ether oxygens (including phenoxy) is 1. The standard InChI is InChI=1S/C11H15ClO/c1-9-5-6-10(4-3-7-12)8-11(9)13-2/h5-6,8H,3-4,7H2,1-2H3. The van der Waals surface area contributed by atoms with Gasteiger partial charge in [-0.05, 0) is 37.0 Å². The van der Waals surface area contributed by atoms with Gasteiger partial charge in [0.1, 0.15) is 5.75 Å². The summed E-state index contributed by atoms with van der Waals surface area (Å²) < 4.78 is 5.23. The lowest BCUT2D eigenvalue weighted by molar-refractivity contribution is 0.411. The highest BCUT2D eigenvalue weighted by molar-refractivity contribution is 6.17. The Balaban J connectivity index is 2.74. The van der Waals surface area contributed by atoms with Crippen LogP contribution in [0.2, 0.25) is 0 Å². The Hall–Kier alpha value is -0.690. The summed E-state index contributed by atoms with van der Waals surface area (Å²) in [6, 6.07) is 6.30. The lowest BCUT2D eigenvalue weighted by Crippen LogP contribution is -1.91. The zero-order chi connectivity index (χ0) is 9.68. The van der Waals surface area contributed by atoms with E-state index in [0.29, 0.717) is 0 Å². The van der Waals surface area contributed by atoms with Crippen molar-refractivity contribution in [1.82, 2.24) is 0 Å². The molecule has 0 amide bonds. The lowest BCUT2D eigenvalue weighted by atomic mass is 10.1. The van der Waals surface area contributed by atoms with E-state index in [1.807, 2.05) is 6.92 Å². The van der Waals surface area contributed by atoms with Crippen LogP contribution in [0.1, 0.15) is 17.5 Å². The first-order valence-electron chi connectivity index (χ1n) is 4.47. The van der Waals surface area contributed by atoms with E-state index in [-0.39, 0.29) is 0 Å². The van der Waals surface area contributed by atoms with Gasteiger partial charge in [-0.25, -0.2) is 0 Å². The van der Waals surface area contributed by atoms with Crippen LogP contribution in [0.4, 0.5) is 0 Å². The van der Waals surface area contributed by atoms with Crippen molar-refractivity contribution in [2.24, 2.45) is 0 Å². The first-order chi connectivity index (χ1) is 6.27. The van der Waals surface area contributed by atoms with Gasteiger partial charge in [0.2, 0.25) is 0 Å². The average molecular weight is 199 g/mol. The zero-order valence-corrected chi connectivity index (χ0v) is 8.90. The highest BCUT2D eigenvalue weighted by Gasteiger charge is 1.99. The molecule has 0 aliphatic carbocycles. The molecule has 0 heterocycles. The van der Waals surface area contributed by atoms with Gasteiger partial charge in [0.15, 0.2) is 0 Å². The SMILES string of the molecule is COc1cc(CCCCl)ccc1C. The molecule has 1 rings (SSSR count). The molecule has 0 aliphatic heterocycles. The summed E-state index contributed by atoms with van der Waals surface area (Å²) >= 11 is 5.63. The van der Waals surface area contributed by atoms with Gasteiger partial charge in [0, 0.05) is 5.88 Å². The van der Waals surface area contributed by atoms with Crippen LogP contribution in [-0.2, 0) is 6.42 Å². The van der Waals surface area contributed by atoms with Crippen LogP contribution in [-0.4, -0.2) is 13.0 Å². The van der Waals surface area contributed by atoms with E-state index in [4.69, 9.17) is 16.3 Å². The van der Waals surface area contributed by atoms with Gasteiger partial charge < -0.3 is 4.74 Å². The summed E-state index contributed by atoms with van der Waals surface area (Å²) in [5.41, 5.74) is 2.47. The van der Waals surface area contributed by atoms with Gasteiger partial charge in [-0.2, -0.15) is 0 Å². The van der Waals surface area contributed by atoms with E-state index in [9.17, 15) is 0 Å². The number of alkyl halides is 1. The van der Waals surface area contributed by atoms with E-state index in [1.165, 1.54) is 11.1 Å². The predicted molar refractivity (Wildman–Crippen MR) is 56.8 cm³/mol. The maximum Gasteiger partial charge on any atom is 0.122 e. The van der Waals surface area contributed by atoms with Crippen molar-refractivity contribution in [1.29, 1.82) is 0 Å². The van der Waals surface area contributed by atoms with Gasteiger partial charge in [0.05, 0.1) is 7.11 Å². The number of aryl methyl sites for hydroxylation is 2. The summed E-state index contributed by atoms with van der Waals surface area (Å²) in [4.78, 5) is 0. The normalized spacial score (nSPS) is 10.1. The van der Waals surface area contributed by atoms with Crippen molar-refractivity contribution in [3.05, 3.63) is 29.3 Å². The molecule has 13 heavy (non-hydrogen) atoms. The minimum Gasteiger partial charge on any atom is -0.496 e. The highest BCUT2D eigenvalue weighted by atomic mass is 35.5. The fourth-order valence-electron chi connectivity index (χ4n) is 1.29. The largest absolute Gasteiger partial charge is 0.496 e. The Bertz CT molecular complexity index is 271. The van der Waals surface area contributed by atoms with E-state index < -0.39 is 0 Å². The van der Waals surface area contributed by atoms with Crippen LogP contribution in [0.15, 0.2) is 18.2 Å². The predicted octanol–water partition coefficient (Wildman–Crippen LogP) is 3.18. The monoisotopic (exact) mass is 198 g/mol. The molecule has 0 radical (unpaired) electrons. The molecule has 0 saturated heterocycles. The molecule has 1 aromatic carbocycles. The molecule has 0 saturated carbocycles. The second-order valence-electron chi connectivity index (χ2n) is 3.10. The Morgan fingerprint density at radius 1 is 1.38 bits per heavy atom. The number of benzene rings is 1. The molecule has 0 aliphatic rings. The van der Waals surface area contributed by atoms with Gasteiger partial charge in [-0.3, -0.25) is 0 Å². The minimum atomic E-state index is 0.718. The molecule has 1 aromatic rings. The van der Waals surface area contributed by atoms with Gasteiger partial charge in [-0.1, -0.05) is 12.1 Å². The maximum atomic E-state index is 5.63. The van der Waals surface area contributed by atoms with Gasteiger partial charge in [-0.15, -0.1) is 11.6 Å². The van der Waals surface area contributed by atoms with E-state index >= 15 is 0 Å². The smallest absolute Gasteiger partial charge is 0.122 e. The van der Waals surface area contributed by atoms with Crippen LogP contribution in [0.25, 0.3) is 0 Å². The summed E-state index contributed by atoms with van der Waals surface area (Å²) in [7, 11) is 1.70. The summed E-state index contributed by atoms with van der Waals surface area (Å²) in [6.07, 6.45) is 2.05. The highest BCUT2D eigenvalue weighted by Crippen LogP contribution is 2.19. The molecule has 0 fully saturated rings. The Morgan fingerprint density at radius 2 is 2.15 bits per heavy atom. The third-order valence-corrected chi connectivity index (χ3v) is 2.34. The molecule has 1 nitrogen and oxygen atoms in total. The van der Waals surface area contributed by atoms with Crippen LogP contribution in [0.5, 0.6) is 5.75 Å². The zero-order valence-electron chi connectivity index (χ0n) is 8.14. The van der Waals surface area contributed by atoms with Crippen molar-refractivity contribution >= 4 is 11.6 Å². The van der Waals surface area contributed by atoms with E-state index in [2.05, 4.69) is 18.2 Å². The maximum absolute atomic E-state index is 5.63. The molecule has 0 aromatic heterocycles. The molecular formula is C11H15ClO. The van der Waals surface area contributed by atoms with Gasteiger partial charge in [0.25, 0.3) is 0 Å². The van der Waals surface area contributed by atoms with Crippen LogP contribution < -0.4 is 4.74 Å². The summed E-state index contributed by atoms with van der Waals surface area (Å²) in [6.45, 7) is 2.05. The molecule has 0 unspecified atom stereocenters. The topological polar surface area (TPSA) is 9.23 Å². The number of halogens is 1. The fraction of sp³-hybridized carbons (Fsp3) is 0.455. The first kappa shape index (κ1) is 10.4. The van der Waals surface area contributed by atoms with Crippen LogP contribution in [0.3, 0.4) is 0 Å². The van der Waals surface area contributed by atoms with E-state index in [1.54, 1.807) is 7.11 Å². The van der Waals surface area contributed by atoms with Crippen molar-refractivity contribution in [2.75, 3.05) is 13.0 Å². The molecule has 0 N–H and O–H groups in total. The summed E-state index contributed by atoms with van der Waals surface area (Å²) in [5, 5.41) is 0. The number of rotatable bonds is 4. The molecule has 0 atom stereocenters. The summed E-state index contributed by atoms with van der Waals surface area (Å²) in [5.74, 6) is 1.68. The Kier molecular flexibility index (Phi) is 4.10. The number of methoxy groups -OCH3 is 1. The number of hydrogen-bond donors (Lipinski definition) is 0. The average Bonchev–Trinajstić information content (AvgIpc) is 2.16. The molecule has 0 spiro atoms. The quantitative estimate of drug-likeness (QED) is 0.676. The Labute approximate surface area is 84.7 Å². The van der Waals surface area contributed by atoms with Crippen LogP contribution >= 0.6 is 11.6 Å². The minimum absolute atomic E-state index is 0.718. The second kappa shape index (κ2) is 5.13. The van der Waals surface area contributed by atoms with Crippen molar-refractivity contribution in [3.8, 4) is 5.75 Å². The molecule has 72 valence electrons. The van der Waals surface area contributed by atoms with Crippen LogP contribution in [0, 0.1) is 6.92 Å². The van der Waals surface area contributed by atoms with E-state index in [0.717, 1.165) is 24.5 Å². The molecule has 2 heteroatoms. The first-order valence-corrected chi connectivity index (χ1v) is 5.01. The van der Waals surface area contributed by atoms with Gasteiger partial charge >= 0.3 is 0 Å². The molecule has 0 bridgehead atoms. The Morgan fingerprint density at radius 3 is 2.77 bits per heavy atom. The third-order valence-electron chi connectivity index (χ3n) is 2.07. The molecular weight excluding hydrogens is 184 g/mol. The fourth-order valence-corrected chi connectivity index (χ4v) is 1.42. The van der Waals surface area contributed by atoms with Crippen molar-refractivity contribution in [3.63, 3.8) is 0 Å². The lowest BCUT2D eigenvalue weighted by Gasteiger charge is -2.06. The van der Waals surface area contributed by atoms with Crippen molar-refractivity contribution in [2.45, 2.75) is 19.8 Å².